The van der Waals surface area contributed by atoms with Crippen molar-refractivity contribution in [2.45, 2.75) is 25.3 Å². The molecule has 52 valence electrons. The molecule has 1 aliphatic rings. The summed E-state index contributed by atoms with van der Waals surface area (Å²) in [5.74, 6) is 0. The fourth-order valence-electron chi connectivity index (χ4n) is 1.06. The summed E-state index contributed by atoms with van der Waals surface area (Å²) in [7, 11) is 2.04. The van der Waals surface area contributed by atoms with E-state index in [1.165, 1.54) is 22.8 Å². The highest BCUT2D eigenvalue weighted by Crippen LogP contribution is 2.22. The van der Waals surface area contributed by atoms with Gasteiger partial charge in [-0.25, -0.2) is 0 Å². The second-order valence-electron chi connectivity index (χ2n) is 2.41. The van der Waals surface area contributed by atoms with Crippen LogP contribution in [0.2, 0.25) is 0 Å². The molecule has 9 heavy (non-hydrogen) atoms. The Morgan fingerprint density at radius 3 is 3.00 bits per heavy atom. The number of allylic oxidation sites excluding steroid dienone is 1. The normalized spacial score (nSPS) is 27.8. The first-order valence-electron chi connectivity index (χ1n) is 3.34. The van der Waals surface area contributed by atoms with Crippen molar-refractivity contribution in [3.8, 4) is 0 Å². The molecule has 2 heteroatoms. The summed E-state index contributed by atoms with van der Waals surface area (Å²) in [5, 5.41) is 3.28. The van der Waals surface area contributed by atoms with Gasteiger partial charge in [0.1, 0.15) is 0 Å². The lowest BCUT2D eigenvalue weighted by Gasteiger charge is -2.18. The Morgan fingerprint density at radius 1 is 1.78 bits per heavy atom. The number of nitrogens with one attached hydrogen (secondary N) is 1. The van der Waals surface area contributed by atoms with Crippen LogP contribution in [0.5, 0.6) is 0 Å². The van der Waals surface area contributed by atoms with Gasteiger partial charge < -0.3 is 5.32 Å². The first-order chi connectivity index (χ1) is 4.33. The minimum Gasteiger partial charge on any atom is -0.317 e. The maximum Gasteiger partial charge on any atom is 0.0102 e. The monoisotopic (exact) mass is 237 g/mol. The minimum atomic E-state index is 0.739. The van der Waals surface area contributed by atoms with E-state index in [4.69, 9.17) is 0 Å². The third kappa shape index (κ3) is 2.26. The molecule has 0 fully saturated rings. The van der Waals surface area contributed by atoms with Crippen molar-refractivity contribution < 1.29 is 0 Å². The molecule has 0 saturated carbocycles. The molecule has 0 heterocycles. The van der Waals surface area contributed by atoms with Crippen molar-refractivity contribution in [2.75, 3.05) is 7.05 Å². The van der Waals surface area contributed by atoms with Gasteiger partial charge >= 0.3 is 0 Å². The number of rotatable bonds is 1. The predicted octanol–water partition coefficient (Wildman–Crippen LogP) is 2.08. The molecule has 0 aliphatic heterocycles. The minimum absolute atomic E-state index is 0.739. The highest BCUT2D eigenvalue weighted by Gasteiger charge is 2.09. The van der Waals surface area contributed by atoms with Gasteiger partial charge in [-0.05, 0) is 52.5 Å². The van der Waals surface area contributed by atoms with E-state index in [2.05, 4.69) is 34.0 Å². The van der Waals surface area contributed by atoms with Gasteiger partial charge in [-0.1, -0.05) is 6.08 Å². The summed E-state index contributed by atoms with van der Waals surface area (Å²) in [6, 6.07) is 0.739. The topological polar surface area (TPSA) is 12.0 Å². The first-order valence-corrected chi connectivity index (χ1v) is 4.42. The molecule has 1 atom stereocenters. The van der Waals surface area contributed by atoms with E-state index in [1.54, 1.807) is 0 Å². The molecule has 0 aromatic carbocycles. The Morgan fingerprint density at radius 2 is 2.56 bits per heavy atom. The van der Waals surface area contributed by atoms with Crippen LogP contribution in [0.25, 0.3) is 0 Å². The number of hydrogen-bond acceptors (Lipinski definition) is 1. The van der Waals surface area contributed by atoms with Crippen molar-refractivity contribution in [1.29, 1.82) is 0 Å². The summed E-state index contributed by atoms with van der Waals surface area (Å²) in [6.07, 6.45) is 6.12. The predicted molar refractivity (Wildman–Crippen MR) is 48.8 cm³/mol. The molecule has 0 aromatic heterocycles. The zero-order valence-electron chi connectivity index (χ0n) is 5.65. The van der Waals surface area contributed by atoms with Gasteiger partial charge in [-0.15, -0.1) is 0 Å². The van der Waals surface area contributed by atoms with E-state index in [9.17, 15) is 0 Å². The van der Waals surface area contributed by atoms with Gasteiger partial charge in [-0.3, -0.25) is 0 Å². The maximum absolute atomic E-state index is 3.28. The molecule has 1 rings (SSSR count). The highest BCUT2D eigenvalue weighted by molar-refractivity contribution is 14.1. The van der Waals surface area contributed by atoms with Gasteiger partial charge in [0.2, 0.25) is 0 Å². The quantitative estimate of drug-likeness (QED) is 0.688. The fourth-order valence-corrected chi connectivity index (χ4v) is 1.63. The standard InChI is InChI=1S/C7H12IN/c1-9-7-4-2-6(8)3-5-7/h2,7,9H,3-5H2,1H3. The zero-order valence-corrected chi connectivity index (χ0v) is 7.81. The van der Waals surface area contributed by atoms with Crippen molar-refractivity contribution in [3.05, 3.63) is 9.66 Å². The zero-order chi connectivity index (χ0) is 6.69. The number of halogens is 1. The molecule has 0 spiro atoms. The second-order valence-corrected chi connectivity index (χ2v) is 3.80. The maximum atomic E-state index is 3.28. The molecule has 1 aliphatic carbocycles. The SMILES string of the molecule is CNC1CC=C(I)CC1. The van der Waals surface area contributed by atoms with E-state index in [0.717, 1.165) is 6.04 Å². The van der Waals surface area contributed by atoms with Crippen LogP contribution in [0.4, 0.5) is 0 Å². The third-order valence-electron chi connectivity index (χ3n) is 1.76. The Labute approximate surface area is 70.0 Å². The largest absolute Gasteiger partial charge is 0.317 e. The molecule has 1 unspecified atom stereocenters. The van der Waals surface area contributed by atoms with Gasteiger partial charge in [0.25, 0.3) is 0 Å². The molecule has 0 bridgehead atoms. The van der Waals surface area contributed by atoms with Crippen LogP contribution < -0.4 is 5.32 Å². The lowest BCUT2D eigenvalue weighted by atomic mass is 10.0. The van der Waals surface area contributed by atoms with Crippen LogP contribution in [0.3, 0.4) is 0 Å². The summed E-state index contributed by atoms with van der Waals surface area (Å²) < 4.78 is 1.53. The summed E-state index contributed by atoms with van der Waals surface area (Å²) >= 11 is 2.42. The van der Waals surface area contributed by atoms with E-state index in [-0.39, 0.29) is 0 Å². The van der Waals surface area contributed by atoms with Gasteiger partial charge in [-0.2, -0.15) is 0 Å². The average Bonchev–Trinajstić information content (AvgIpc) is 1.90. The summed E-state index contributed by atoms with van der Waals surface area (Å²) in [4.78, 5) is 0. The molecule has 0 radical (unpaired) electrons. The van der Waals surface area contributed by atoms with Crippen LogP contribution >= 0.6 is 22.6 Å². The first kappa shape index (κ1) is 7.54. The summed E-state index contributed by atoms with van der Waals surface area (Å²) in [5.41, 5.74) is 0. The fraction of sp³-hybridized carbons (Fsp3) is 0.714. The van der Waals surface area contributed by atoms with Crippen molar-refractivity contribution >= 4 is 22.6 Å². The van der Waals surface area contributed by atoms with Crippen LogP contribution in [0.1, 0.15) is 19.3 Å². The van der Waals surface area contributed by atoms with Gasteiger partial charge in [0.15, 0.2) is 0 Å². The van der Waals surface area contributed by atoms with Crippen molar-refractivity contribution in [3.63, 3.8) is 0 Å². The Hall–Kier alpha value is 0.430. The number of hydrogen-bond donors (Lipinski definition) is 1. The molecule has 1 nitrogen and oxygen atoms in total. The van der Waals surface area contributed by atoms with Crippen LogP contribution in [-0.4, -0.2) is 13.1 Å². The van der Waals surface area contributed by atoms with Crippen LogP contribution in [0, 0.1) is 0 Å². The van der Waals surface area contributed by atoms with Gasteiger partial charge in [0, 0.05) is 6.04 Å². The van der Waals surface area contributed by atoms with E-state index < -0.39 is 0 Å². The summed E-state index contributed by atoms with van der Waals surface area (Å²) in [6.45, 7) is 0. The third-order valence-corrected chi connectivity index (χ3v) is 2.74. The molecule has 0 saturated heterocycles. The molecule has 0 amide bonds. The van der Waals surface area contributed by atoms with Gasteiger partial charge in [0.05, 0.1) is 0 Å². The van der Waals surface area contributed by atoms with E-state index in [0.29, 0.717) is 0 Å². The van der Waals surface area contributed by atoms with E-state index >= 15 is 0 Å². The van der Waals surface area contributed by atoms with Crippen molar-refractivity contribution in [1.82, 2.24) is 5.32 Å². The van der Waals surface area contributed by atoms with Crippen LogP contribution in [0.15, 0.2) is 9.66 Å². The smallest absolute Gasteiger partial charge is 0.0102 e. The molecular formula is C7H12IN. The Balaban J connectivity index is 2.36. The average molecular weight is 237 g/mol. The lowest BCUT2D eigenvalue weighted by molar-refractivity contribution is 0.516. The molecular weight excluding hydrogens is 225 g/mol. The lowest BCUT2D eigenvalue weighted by Crippen LogP contribution is -2.25. The highest BCUT2D eigenvalue weighted by atomic mass is 127. The van der Waals surface area contributed by atoms with E-state index in [1.807, 2.05) is 7.05 Å². The molecule has 1 N–H and O–H groups in total. The second kappa shape index (κ2) is 3.56. The Kier molecular flexibility index (Phi) is 2.98. The molecule has 0 aromatic rings. The van der Waals surface area contributed by atoms with Crippen LogP contribution in [-0.2, 0) is 0 Å². The van der Waals surface area contributed by atoms with Crippen molar-refractivity contribution in [2.24, 2.45) is 0 Å². The Bertz CT molecular complexity index is 120.